The van der Waals surface area contributed by atoms with Crippen LogP contribution in [0, 0.1) is 0 Å². The molecule has 0 saturated carbocycles. The van der Waals surface area contributed by atoms with E-state index in [1.54, 1.807) is 17.5 Å². The lowest BCUT2D eigenvalue weighted by molar-refractivity contribution is 1.12. The monoisotopic (exact) mass is 201 g/mol. The summed E-state index contributed by atoms with van der Waals surface area (Å²) in [6.45, 7) is 0. The fourth-order valence-electron chi connectivity index (χ4n) is 1.45. The van der Waals surface area contributed by atoms with Crippen LogP contribution in [-0.4, -0.2) is 15.2 Å². The van der Waals surface area contributed by atoms with E-state index in [4.69, 9.17) is 0 Å². The minimum absolute atomic E-state index is 0.989. The maximum absolute atomic E-state index is 4.27. The number of H-pyrrole nitrogens is 1. The van der Waals surface area contributed by atoms with E-state index in [1.807, 2.05) is 24.4 Å². The second-order valence-electron chi connectivity index (χ2n) is 2.98. The van der Waals surface area contributed by atoms with Crippen molar-refractivity contribution in [3.8, 4) is 11.3 Å². The molecule has 0 bridgehead atoms. The second-order valence-corrected chi connectivity index (χ2v) is 3.89. The van der Waals surface area contributed by atoms with Gasteiger partial charge in [-0.1, -0.05) is 0 Å². The predicted octanol–water partition coefficient (Wildman–Crippen LogP) is 2.69. The Hall–Kier alpha value is -1.68. The molecule has 0 spiro atoms. The van der Waals surface area contributed by atoms with E-state index in [1.165, 1.54) is 4.70 Å². The zero-order valence-corrected chi connectivity index (χ0v) is 8.08. The lowest BCUT2D eigenvalue weighted by Crippen LogP contribution is -1.78. The van der Waals surface area contributed by atoms with Gasteiger partial charge in [0.25, 0.3) is 0 Å². The largest absolute Gasteiger partial charge is 0.276 e. The number of thiophene rings is 1. The quantitative estimate of drug-likeness (QED) is 0.657. The zero-order chi connectivity index (χ0) is 9.38. The predicted molar refractivity (Wildman–Crippen MR) is 57.2 cm³/mol. The average Bonchev–Trinajstić information content (AvgIpc) is 2.79. The molecular formula is C10H7N3S. The van der Waals surface area contributed by atoms with Gasteiger partial charge in [-0.3, -0.25) is 10.1 Å². The molecule has 3 aromatic rings. The van der Waals surface area contributed by atoms with Gasteiger partial charge in [-0.2, -0.15) is 5.10 Å². The number of pyridine rings is 1. The first-order valence-electron chi connectivity index (χ1n) is 4.27. The molecule has 3 nitrogen and oxygen atoms in total. The summed E-state index contributed by atoms with van der Waals surface area (Å²) in [4.78, 5) is 4.08. The summed E-state index contributed by atoms with van der Waals surface area (Å²) in [6, 6.07) is 5.97. The topological polar surface area (TPSA) is 41.6 Å². The zero-order valence-electron chi connectivity index (χ0n) is 7.27. The Balaban J connectivity index is 2.28. The van der Waals surface area contributed by atoms with Crippen molar-refractivity contribution in [1.82, 2.24) is 15.2 Å². The van der Waals surface area contributed by atoms with Gasteiger partial charge >= 0.3 is 0 Å². The third kappa shape index (κ3) is 1.04. The van der Waals surface area contributed by atoms with Crippen LogP contribution in [0.15, 0.2) is 36.0 Å². The highest BCUT2D eigenvalue weighted by Gasteiger charge is 2.08. The maximum Gasteiger partial charge on any atom is 0.111 e. The van der Waals surface area contributed by atoms with Crippen LogP contribution in [0.4, 0.5) is 0 Å². The average molecular weight is 201 g/mol. The Morgan fingerprint density at radius 3 is 3.14 bits per heavy atom. The van der Waals surface area contributed by atoms with E-state index in [-0.39, 0.29) is 0 Å². The number of nitrogens with zero attached hydrogens (tertiary/aromatic N) is 2. The van der Waals surface area contributed by atoms with Crippen molar-refractivity contribution < 1.29 is 0 Å². The van der Waals surface area contributed by atoms with Crippen molar-refractivity contribution >= 4 is 21.6 Å². The molecule has 0 aromatic carbocycles. The van der Waals surface area contributed by atoms with Gasteiger partial charge in [0.2, 0.25) is 0 Å². The molecule has 0 aliphatic carbocycles. The van der Waals surface area contributed by atoms with Crippen molar-refractivity contribution in [2.45, 2.75) is 0 Å². The summed E-state index contributed by atoms with van der Waals surface area (Å²) >= 11 is 1.69. The molecule has 3 rings (SSSR count). The number of aromatic nitrogens is 3. The standard InChI is InChI=1S/C10H7N3S/c1-2-7(6-11-4-1)9-10-8(12-13-9)3-5-14-10/h1-6H,(H,12,13). The Labute approximate surface area is 84.4 Å². The molecule has 0 amide bonds. The van der Waals surface area contributed by atoms with Gasteiger partial charge in [0.05, 0.1) is 10.2 Å². The van der Waals surface area contributed by atoms with Crippen LogP contribution >= 0.6 is 11.3 Å². The van der Waals surface area contributed by atoms with Crippen molar-refractivity contribution in [2.75, 3.05) is 0 Å². The molecule has 3 heterocycles. The van der Waals surface area contributed by atoms with Crippen molar-refractivity contribution in [1.29, 1.82) is 0 Å². The fourth-order valence-corrected chi connectivity index (χ4v) is 2.30. The van der Waals surface area contributed by atoms with E-state index in [9.17, 15) is 0 Å². The molecule has 14 heavy (non-hydrogen) atoms. The van der Waals surface area contributed by atoms with Gasteiger partial charge in [-0.15, -0.1) is 11.3 Å². The molecule has 0 unspecified atom stereocenters. The summed E-state index contributed by atoms with van der Waals surface area (Å²) in [6.07, 6.45) is 3.59. The highest BCUT2D eigenvalue weighted by Crippen LogP contribution is 2.29. The highest BCUT2D eigenvalue weighted by molar-refractivity contribution is 7.17. The van der Waals surface area contributed by atoms with Crippen molar-refractivity contribution in [3.05, 3.63) is 36.0 Å². The third-order valence-corrected chi connectivity index (χ3v) is 3.02. The second kappa shape index (κ2) is 2.92. The lowest BCUT2D eigenvalue weighted by atomic mass is 10.2. The minimum Gasteiger partial charge on any atom is -0.276 e. The van der Waals surface area contributed by atoms with Gasteiger partial charge in [-0.05, 0) is 23.6 Å². The van der Waals surface area contributed by atoms with E-state index in [0.717, 1.165) is 16.8 Å². The summed E-state index contributed by atoms with van der Waals surface area (Å²) in [5.74, 6) is 0. The number of fused-ring (bicyclic) bond motifs is 1. The number of hydrogen-bond donors (Lipinski definition) is 1. The van der Waals surface area contributed by atoms with Gasteiger partial charge < -0.3 is 0 Å². The minimum atomic E-state index is 0.989. The van der Waals surface area contributed by atoms with E-state index in [0.29, 0.717) is 0 Å². The maximum atomic E-state index is 4.27. The van der Waals surface area contributed by atoms with Gasteiger partial charge in [0.1, 0.15) is 5.69 Å². The van der Waals surface area contributed by atoms with Crippen LogP contribution < -0.4 is 0 Å². The van der Waals surface area contributed by atoms with Gasteiger partial charge in [0, 0.05) is 18.0 Å². The smallest absolute Gasteiger partial charge is 0.111 e. The normalized spacial score (nSPS) is 10.9. The summed E-state index contributed by atoms with van der Waals surface area (Å²) in [7, 11) is 0. The molecule has 3 aromatic heterocycles. The van der Waals surface area contributed by atoms with Crippen LogP contribution in [0.2, 0.25) is 0 Å². The van der Waals surface area contributed by atoms with Crippen LogP contribution in [0.1, 0.15) is 0 Å². The van der Waals surface area contributed by atoms with Gasteiger partial charge in [-0.25, -0.2) is 0 Å². The molecular weight excluding hydrogens is 194 g/mol. The van der Waals surface area contributed by atoms with E-state index in [2.05, 4.69) is 20.6 Å². The highest BCUT2D eigenvalue weighted by atomic mass is 32.1. The van der Waals surface area contributed by atoms with Crippen LogP contribution in [0.3, 0.4) is 0 Å². The summed E-state index contributed by atoms with van der Waals surface area (Å²) in [5, 5.41) is 9.33. The molecule has 0 saturated heterocycles. The first-order chi connectivity index (χ1) is 6.95. The molecule has 68 valence electrons. The first-order valence-corrected chi connectivity index (χ1v) is 5.15. The SMILES string of the molecule is c1cncc(-c2n[nH]c3ccsc23)c1. The van der Waals surface area contributed by atoms with Gasteiger partial charge in [0.15, 0.2) is 0 Å². The number of nitrogens with one attached hydrogen (secondary N) is 1. The van der Waals surface area contributed by atoms with Crippen LogP contribution in [0.25, 0.3) is 21.5 Å². The summed E-state index contributed by atoms with van der Waals surface area (Å²) < 4.78 is 1.19. The number of aromatic amines is 1. The molecule has 0 radical (unpaired) electrons. The molecule has 0 aliphatic heterocycles. The Morgan fingerprint density at radius 1 is 1.29 bits per heavy atom. The Bertz CT molecular complexity index is 553. The number of hydrogen-bond acceptors (Lipinski definition) is 3. The fraction of sp³-hybridized carbons (Fsp3) is 0. The Kier molecular flexibility index (Phi) is 1.61. The van der Waals surface area contributed by atoms with Crippen LogP contribution in [-0.2, 0) is 0 Å². The van der Waals surface area contributed by atoms with E-state index >= 15 is 0 Å². The summed E-state index contributed by atoms with van der Waals surface area (Å²) in [5.41, 5.74) is 3.14. The molecule has 0 aliphatic rings. The van der Waals surface area contributed by atoms with Crippen molar-refractivity contribution in [2.24, 2.45) is 0 Å². The molecule has 0 atom stereocenters. The lowest BCUT2D eigenvalue weighted by Gasteiger charge is -1.93. The number of rotatable bonds is 1. The van der Waals surface area contributed by atoms with Crippen LogP contribution in [0.5, 0.6) is 0 Å². The Morgan fingerprint density at radius 2 is 2.29 bits per heavy atom. The third-order valence-electron chi connectivity index (χ3n) is 2.10. The molecule has 1 N–H and O–H groups in total. The van der Waals surface area contributed by atoms with E-state index < -0.39 is 0 Å². The molecule has 0 fully saturated rings. The molecule has 4 heteroatoms. The first kappa shape index (κ1) is 7.70. The van der Waals surface area contributed by atoms with Crippen molar-refractivity contribution in [3.63, 3.8) is 0 Å².